The van der Waals surface area contributed by atoms with E-state index in [0.717, 1.165) is 38.1 Å². The molecule has 1 aromatic carbocycles. The Morgan fingerprint density at radius 1 is 1.40 bits per heavy atom. The zero-order valence-electron chi connectivity index (χ0n) is 12.2. The molecular weight excluding hydrogens is 268 g/mol. The monoisotopic (exact) mass is 292 g/mol. The van der Waals surface area contributed by atoms with Crippen LogP contribution in [0.3, 0.4) is 0 Å². The average molecular weight is 292 g/mol. The smallest absolute Gasteiger partial charge is 0.170 e. The van der Waals surface area contributed by atoms with Gasteiger partial charge in [0.25, 0.3) is 0 Å². The minimum absolute atomic E-state index is 0.310. The number of benzene rings is 1. The van der Waals surface area contributed by atoms with E-state index in [0.29, 0.717) is 11.2 Å². The fourth-order valence-corrected chi connectivity index (χ4v) is 2.60. The molecule has 1 heterocycles. The van der Waals surface area contributed by atoms with Gasteiger partial charge in [0, 0.05) is 18.8 Å². The molecule has 4 heteroatoms. The molecule has 0 radical (unpaired) electrons. The van der Waals surface area contributed by atoms with E-state index in [2.05, 4.69) is 35.8 Å². The fraction of sp³-hybridized carbons (Fsp3) is 0.562. The SMILES string of the molecule is CCCCc1ccccc1NC(=S)NCC1CCCO1. The summed E-state index contributed by atoms with van der Waals surface area (Å²) in [6.45, 7) is 3.89. The summed E-state index contributed by atoms with van der Waals surface area (Å²) in [6, 6.07) is 8.38. The number of hydrogen-bond acceptors (Lipinski definition) is 2. The lowest BCUT2D eigenvalue weighted by molar-refractivity contribution is 0.114. The number of ether oxygens (including phenoxy) is 1. The van der Waals surface area contributed by atoms with Crippen molar-refractivity contribution < 1.29 is 4.74 Å². The van der Waals surface area contributed by atoms with Crippen molar-refractivity contribution in [1.29, 1.82) is 0 Å². The average Bonchev–Trinajstić information content (AvgIpc) is 2.97. The molecule has 110 valence electrons. The topological polar surface area (TPSA) is 33.3 Å². The van der Waals surface area contributed by atoms with Gasteiger partial charge >= 0.3 is 0 Å². The van der Waals surface area contributed by atoms with Crippen LogP contribution in [0.25, 0.3) is 0 Å². The molecule has 1 atom stereocenters. The second-order valence-electron chi connectivity index (χ2n) is 5.23. The molecule has 0 spiro atoms. The molecule has 3 nitrogen and oxygen atoms in total. The molecule has 1 unspecified atom stereocenters. The summed E-state index contributed by atoms with van der Waals surface area (Å²) in [4.78, 5) is 0. The zero-order valence-corrected chi connectivity index (χ0v) is 13.0. The van der Waals surface area contributed by atoms with Crippen molar-refractivity contribution in [2.24, 2.45) is 0 Å². The summed E-state index contributed by atoms with van der Waals surface area (Å²) in [6.07, 6.45) is 6.10. The maximum absolute atomic E-state index is 5.58. The lowest BCUT2D eigenvalue weighted by atomic mass is 10.1. The lowest BCUT2D eigenvalue weighted by Gasteiger charge is -2.16. The number of aryl methyl sites for hydroxylation is 1. The van der Waals surface area contributed by atoms with Crippen molar-refractivity contribution >= 4 is 23.0 Å². The molecule has 2 N–H and O–H groups in total. The minimum atomic E-state index is 0.310. The molecule has 1 aliphatic heterocycles. The Bertz CT molecular complexity index is 430. The quantitative estimate of drug-likeness (QED) is 0.786. The Morgan fingerprint density at radius 2 is 2.25 bits per heavy atom. The van der Waals surface area contributed by atoms with Crippen LogP contribution in [0.15, 0.2) is 24.3 Å². The zero-order chi connectivity index (χ0) is 14.2. The normalized spacial score (nSPS) is 17.9. The van der Waals surface area contributed by atoms with Crippen molar-refractivity contribution in [3.8, 4) is 0 Å². The number of rotatable bonds is 6. The van der Waals surface area contributed by atoms with Crippen LogP contribution in [0, 0.1) is 0 Å². The Balaban J connectivity index is 1.83. The van der Waals surface area contributed by atoms with Crippen molar-refractivity contribution in [1.82, 2.24) is 5.32 Å². The number of hydrogen-bond donors (Lipinski definition) is 2. The van der Waals surface area contributed by atoms with Crippen molar-refractivity contribution in [2.75, 3.05) is 18.5 Å². The molecule has 1 aliphatic rings. The van der Waals surface area contributed by atoms with Gasteiger partial charge in [0.1, 0.15) is 0 Å². The van der Waals surface area contributed by atoms with Crippen LogP contribution in [0.2, 0.25) is 0 Å². The summed E-state index contributed by atoms with van der Waals surface area (Å²) in [5, 5.41) is 7.24. The summed E-state index contributed by atoms with van der Waals surface area (Å²) in [7, 11) is 0. The van der Waals surface area contributed by atoms with Gasteiger partial charge in [-0.2, -0.15) is 0 Å². The van der Waals surface area contributed by atoms with E-state index in [1.54, 1.807) is 0 Å². The van der Waals surface area contributed by atoms with Gasteiger partial charge in [0.2, 0.25) is 0 Å². The van der Waals surface area contributed by atoms with Gasteiger partial charge in [-0.05, 0) is 49.5 Å². The lowest BCUT2D eigenvalue weighted by Crippen LogP contribution is -2.35. The maximum Gasteiger partial charge on any atom is 0.170 e. The van der Waals surface area contributed by atoms with Gasteiger partial charge in [0.15, 0.2) is 5.11 Å². The minimum Gasteiger partial charge on any atom is -0.376 e. The Kier molecular flexibility index (Phi) is 6.27. The van der Waals surface area contributed by atoms with E-state index in [9.17, 15) is 0 Å². The molecule has 1 fully saturated rings. The number of para-hydroxylation sites is 1. The van der Waals surface area contributed by atoms with Gasteiger partial charge in [-0.3, -0.25) is 0 Å². The van der Waals surface area contributed by atoms with Gasteiger partial charge in [-0.25, -0.2) is 0 Å². The highest BCUT2D eigenvalue weighted by Crippen LogP contribution is 2.17. The van der Waals surface area contributed by atoms with E-state index < -0.39 is 0 Å². The Hall–Kier alpha value is -1.13. The van der Waals surface area contributed by atoms with Crippen LogP contribution < -0.4 is 10.6 Å². The standard InChI is InChI=1S/C16H24N2OS/c1-2-3-7-13-8-4-5-10-15(13)18-16(20)17-12-14-9-6-11-19-14/h4-5,8,10,14H,2-3,6-7,9,11-12H2,1H3,(H2,17,18,20). The van der Waals surface area contributed by atoms with E-state index >= 15 is 0 Å². The largest absolute Gasteiger partial charge is 0.376 e. The summed E-state index contributed by atoms with van der Waals surface area (Å²) < 4.78 is 5.58. The number of thiocarbonyl (C=S) groups is 1. The first-order valence-electron chi connectivity index (χ1n) is 7.54. The Morgan fingerprint density at radius 3 is 3.00 bits per heavy atom. The molecule has 0 saturated carbocycles. The molecule has 20 heavy (non-hydrogen) atoms. The molecule has 0 amide bonds. The van der Waals surface area contributed by atoms with Gasteiger partial charge in [-0.15, -0.1) is 0 Å². The van der Waals surface area contributed by atoms with E-state index in [1.165, 1.54) is 18.4 Å². The van der Waals surface area contributed by atoms with Crippen LogP contribution in [-0.2, 0) is 11.2 Å². The van der Waals surface area contributed by atoms with Crippen molar-refractivity contribution in [3.05, 3.63) is 29.8 Å². The Labute approximate surface area is 127 Å². The highest BCUT2D eigenvalue weighted by Gasteiger charge is 2.15. The third-order valence-corrected chi connectivity index (χ3v) is 3.83. The van der Waals surface area contributed by atoms with Crippen molar-refractivity contribution in [3.63, 3.8) is 0 Å². The molecule has 0 bridgehead atoms. The second-order valence-corrected chi connectivity index (χ2v) is 5.64. The van der Waals surface area contributed by atoms with Crippen LogP contribution in [-0.4, -0.2) is 24.4 Å². The molecule has 1 aromatic rings. The summed E-state index contributed by atoms with van der Waals surface area (Å²) in [5.41, 5.74) is 2.45. The first-order chi connectivity index (χ1) is 9.79. The van der Waals surface area contributed by atoms with Gasteiger partial charge in [0.05, 0.1) is 6.10 Å². The predicted molar refractivity (Wildman–Crippen MR) is 88.3 cm³/mol. The summed E-state index contributed by atoms with van der Waals surface area (Å²) in [5.74, 6) is 0. The highest BCUT2D eigenvalue weighted by molar-refractivity contribution is 7.80. The van der Waals surface area contributed by atoms with Gasteiger partial charge < -0.3 is 15.4 Å². The fourth-order valence-electron chi connectivity index (χ4n) is 2.41. The van der Waals surface area contributed by atoms with E-state index in [-0.39, 0.29) is 0 Å². The summed E-state index contributed by atoms with van der Waals surface area (Å²) >= 11 is 5.37. The predicted octanol–water partition coefficient (Wildman–Crippen LogP) is 3.49. The first kappa shape index (κ1) is 15.3. The third kappa shape index (κ3) is 4.76. The molecule has 2 rings (SSSR count). The molecule has 0 aliphatic carbocycles. The van der Waals surface area contributed by atoms with E-state index in [4.69, 9.17) is 17.0 Å². The van der Waals surface area contributed by atoms with Crippen LogP contribution >= 0.6 is 12.2 Å². The molecule has 1 saturated heterocycles. The number of unbranched alkanes of at least 4 members (excludes halogenated alkanes) is 1. The van der Waals surface area contributed by atoms with Crippen LogP contribution in [0.4, 0.5) is 5.69 Å². The second kappa shape index (κ2) is 8.22. The van der Waals surface area contributed by atoms with E-state index in [1.807, 2.05) is 6.07 Å². The molecular formula is C16H24N2OS. The van der Waals surface area contributed by atoms with Crippen LogP contribution in [0.1, 0.15) is 38.2 Å². The van der Waals surface area contributed by atoms with Crippen LogP contribution in [0.5, 0.6) is 0 Å². The highest BCUT2D eigenvalue weighted by atomic mass is 32.1. The van der Waals surface area contributed by atoms with Crippen molar-refractivity contribution in [2.45, 2.75) is 45.1 Å². The first-order valence-corrected chi connectivity index (χ1v) is 7.94. The number of anilines is 1. The third-order valence-electron chi connectivity index (χ3n) is 3.58. The number of nitrogens with one attached hydrogen (secondary N) is 2. The maximum atomic E-state index is 5.58. The molecule has 0 aromatic heterocycles. The van der Waals surface area contributed by atoms with Gasteiger partial charge in [-0.1, -0.05) is 31.5 Å².